The Morgan fingerprint density at radius 2 is 1.64 bits per heavy atom. The maximum Gasteiger partial charge on any atom is 0.311 e. The van der Waals surface area contributed by atoms with Gasteiger partial charge in [0.05, 0.1) is 10.6 Å². The summed E-state index contributed by atoms with van der Waals surface area (Å²) in [7, 11) is -2.12. The van der Waals surface area contributed by atoms with Crippen molar-refractivity contribution in [3.8, 4) is 5.75 Å². The van der Waals surface area contributed by atoms with Crippen LogP contribution in [0.25, 0.3) is 0 Å². The molecule has 1 fully saturated rings. The van der Waals surface area contributed by atoms with Gasteiger partial charge in [-0.1, -0.05) is 50.3 Å². The summed E-state index contributed by atoms with van der Waals surface area (Å²) in [5.74, 6) is 0.840. The first kappa shape index (κ1) is 20.4. The van der Waals surface area contributed by atoms with Crippen LogP contribution in [-0.4, -0.2) is 21.4 Å². The molecule has 0 saturated heterocycles. The van der Waals surface area contributed by atoms with Crippen LogP contribution in [-0.2, 0) is 14.8 Å². The Labute approximate surface area is 167 Å². The van der Waals surface area contributed by atoms with Gasteiger partial charge in [-0.05, 0) is 48.7 Å². The second-order valence-corrected chi connectivity index (χ2v) is 9.27. The number of nitrogens with zero attached hydrogens (tertiary/aromatic N) is 1. The van der Waals surface area contributed by atoms with E-state index >= 15 is 0 Å². The van der Waals surface area contributed by atoms with E-state index in [9.17, 15) is 13.2 Å². The predicted molar refractivity (Wildman–Crippen MR) is 110 cm³/mol. The van der Waals surface area contributed by atoms with Crippen LogP contribution in [0.1, 0.15) is 44.9 Å². The van der Waals surface area contributed by atoms with Gasteiger partial charge in [-0.3, -0.25) is 9.10 Å². The van der Waals surface area contributed by atoms with Crippen LogP contribution in [0.15, 0.2) is 59.5 Å². The molecule has 150 valence electrons. The Morgan fingerprint density at radius 1 is 1.00 bits per heavy atom. The van der Waals surface area contributed by atoms with E-state index in [1.54, 1.807) is 54.6 Å². The van der Waals surface area contributed by atoms with E-state index in [2.05, 4.69) is 0 Å². The van der Waals surface area contributed by atoms with Gasteiger partial charge in [0, 0.05) is 13.5 Å². The standard InChI is InChI=1S/C22H27NO4S/c1-23(28(25,26)21-10-6-3-7-11-21)19-13-15-20(16-14-19)27-22(24)17-12-18-8-4-2-5-9-18/h3,6-7,10-11,13-16,18H,2,4-5,8-9,12,17H2,1H3. The molecule has 6 heteroatoms. The number of hydrogen-bond acceptors (Lipinski definition) is 4. The third-order valence-electron chi connectivity index (χ3n) is 5.32. The van der Waals surface area contributed by atoms with Crippen LogP contribution in [0.5, 0.6) is 5.75 Å². The predicted octanol–water partition coefficient (Wildman–Crippen LogP) is 4.78. The minimum absolute atomic E-state index is 0.232. The summed E-state index contributed by atoms with van der Waals surface area (Å²) in [6, 6.07) is 14.8. The fourth-order valence-electron chi connectivity index (χ4n) is 3.59. The van der Waals surface area contributed by atoms with Crippen LogP contribution in [0.4, 0.5) is 5.69 Å². The van der Waals surface area contributed by atoms with Crippen LogP contribution in [0.3, 0.4) is 0 Å². The largest absolute Gasteiger partial charge is 0.427 e. The molecule has 0 spiro atoms. The van der Waals surface area contributed by atoms with Crippen LogP contribution in [0.2, 0.25) is 0 Å². The van der Waals surface area contributed by atoms with E-state index in [0.29, 0.717) is 23.8 Å². The van der Waals surface area contributed by atoms with Gasteiger partial charge in [0.15, 0.2) is 0 Å². The minimum Gasteiger partial charge on any atom is -0.427 e. The molecule has 2 aromatic carbocycles. The Kier molecular flexibility index (Phi) is 6.73. The van der Waals surface area contributed by atoms with Crippen molar-refractivity contribution < 1.29 is 17.9 Å². The molecule has 0 atom stereocenters. The number of carbonyl (C=O) groups excluding carboxylic acids is 1. The lowest BCUT2D eigenvalue weighted by atomic mass is 9.86. The molecule has 1 aliphatic rings. The van der Waals surface area contributed by atoms with Gasteiger partial charge < -0.3 is 4.74 Å². The fraction of sp³-hybridized carbons (Fsp3) is 0.409. The summed E-state index contributed by atoms with van der Waals surface area (Å²) in [6.45, 7) is 0. The minimum atomic E-state index is -3.62. The van der Waals surface area contributed by atoms with E-state index in [-0.39, 0.29) is 10.9 Å². The maximum absolute atomic E-state index is 12.7. The average Bonchev–Trinajstić information content (AvgIpc) is 2.73. The summed E-state index contributed by atoms with van der Waals surface area (Å²) in [5, 5.41) is 0. The third kappa shape index (κ3) is 5.13. The summed E-state index contributed by atoms with van der Waals surface area (Å²) in [5.41, 5.74) is 0.505. The molecule has 3 rings (SSSR count). The number of rotatable bonds is 7. The molecule has 0 amide bonds. The second-order valence-electron chi connectivity index (χ2n) is 7.30. The zero-order valence-electron chi connectivity index (χ0n) is 16.2. The molecular weight excluding hydrogens is 374 g/mol. The number of esters is 1. The van der Waals surface area contributed by atoms with Gasteiger partial charge >= 0.3 is 5.97 Å². The van der Waals surface area contributed by atoms with Crippen LogP contribution < -0.4 is 9.04 Å². The van der Waals surface area contributed by atoms with Gasteiger partial charge in [-0.15, -0.1) is 0 Å². The first-order valence-corrected chi connectivity index (χ1v) is 11.3. The molecule has 0 aromatic heterocycles. The van der Waals surface area contributed by atoms with Crippen molar-refractivity contribution in [3.63, 3.8) is 0 Å². The topological polar surface area (TPSA) is 63.7 Å². The summed E-state index contributed by atoms with van der Waals surface area (Å²) in [6.07, 6.45) is 7.57. The summed E-state index contributed by atoms with van der Waals surface area (Å²) < 4.78 is 32.0. The Hall–Kier alpha value is -2.34. The number of hydrogen-bond donors (Lipinski definition) is 0. The zero-order chi connectivity index (χ0) is 20.0. The molecule has 0 aliphatic heterocycles. The maximum atomic E-state index is 12.7. The third-order valence-corrected chi connectivity index (χ3v) is 7.11. The molecule has 1 saturated carbocycles. The Balaban J connectivity index is 1.57. The normalized spacial score (nSPS) is 15.2. The monoisotopic (exact) mass is 401 g/mol. The van der Waals surface area contributed by atoms with E-state index in [1.165, 1.54) is 43.5 Å². The zero-order valence-corrected chi connectivity index (χ0v) is 17.0. The highest BCUT2D eigenvalue weighted by atomic mass is 32.2. The van der Waals surface area contributed by atoms with Crippen molar-refractivity contribution in [1.29, 1.82) is 0 Å². The lowest BCUT2D eigenvalue weighted by Crippen LogP contribution is -2.26. The van der Waals surface area contributed by atoms with E-state index in [0.717, 1.165) is 6.42 Å². The molecule has 1 aliphatic carbocycles. The highest BCUT2D eigenvalue weighted by Gasteiger charge is 2.21. The molecule has 0 heterocycles. The first-order chi connectivity index (χ1) is 13.5. The molecule has 2 aromatic rings. The lowest BCUT2D eigenvalue weighted by molar-refractivity contribution is -0.134. The average molecular weight is 402 g/mol. The Morgan fingerprint density at radius 3 is 2.29 bits per heavy atom. The van der Waals surface area contributed by atoms with Crippen molar-refractivity contribution in [2.24, 2.45) is 5.92 Å². The van der Waals surface area contributed by atoms with Crippen molar-refractivity contribution in [1.82, 2.24) is 0 Å². The number of sulfonamides is 1. The van der Waals surface area contributed by atoms with Gasteiger partial charge in [0.1, 0.15) is 5.75 Å². The first-order valence-electron chi connectivity index (χ1n) is 9.81. The SMILES string of the molecule is CN(c1ccc(OC(=O)CCC2CCCCC2)cc1)S(=O)(=O)c1ccccc1. The number of carbonyl (C=O) groups is 1. The molecule has 5 nitrogen and oxygen atoms in total. The summed E-state index contributed by atoms with van der Waals surface area (Å²) >= 11 is 0. The van der Waals surface area contributed by atoms with Crippen molar-refractivity contribution in [2.75, 3.05) is 11.4 Å². The summed E-state index contributed by atoms with van der Waals surface area (Å²) in [4.78, 5) is 12.3. The van der Waals surface area contributed by atoms with Crippen LogP contribution >= 0.6 is 0 Å². The van der Waals surface area contributed by atoms with Gasteiger partial charge in [-0.2, -0.15) is 0 Å². The fourth-order valence-corrected chi connectivity index (χ4v) is 4.81. The number of benzene rings is 2. The highest BCUT2D eigenvalue weighted by molar-refractivity contribution is 7.92. The van der Waals surface area contributed by atoms with Gasteiger partial charge in [-0.25, -0.2) is 8.42 Å². The highest BCUT2D eigenvalue weighted by Crippen LogP contribution is 2.28. The number of anilines is 1. The molecule has 28 heavy (non-hydrogen) atoms. The Bertz CT molecular complexity index is 873. The van der Waals surface area contributed by atoms with Crippen molar-refractivity contribution >= 4 is 21.7 Å². The molecule has 0 unspecified atom stereocenters. The van der Waals surface area contributed by atoms with E-state index < -0.39 is 10.0 Å². The molecule has 0 radical (unpaired) electrons. The second kappa shape index (κ2) is 9.24. The number of ether oxygens (including phenoxy) is 1. The molecule has 0 bridgehead atoms. The van der Waals surface area contributed by atoms with Gasteiger partial charge in [0.25, 0.3) is 10.0 Å². The smallest absolute Gasteiger partial charge is 0.311 e. The van der Waals surface area contributed by atoms with E-state index in [4.69, 9.17) is 4.74 Å². The quantitative estimate of drug-likeness (QED) is 0.495. The van der Waals surface area contributed by atoms with Crippen LogP contribution in [0, 0.1) is 5.92 Å². The molecular formula is C22H27NO4S. The van der Waals surface area contributed by atoms with Crippen molar-refractivity contribution in [2.45, 2.75) is 49.8 Å². The lowest BCUT2D eigenvalue weighted by Gasteiger charge is -2.21. The van der Waals surface area contributed by atoms with E-state index in [1.807, 2.05) is 0 Å². The molecule has 0 N–H and O–H groups in total. The van der Waals surface area contributed by atoms with Gasteiger partial charge in [0.2, 0.25) is 0 Å². The van der Waals surface area contributed by atoms with Crippen molar-refractivity contribution in [3.05, 3.63) is 54.6 Å².